The lowest BCUT2D eigenvalue weighted by atomic mass is 9.81. The van der Waals surface area contributed by atoms with E-state index in [4.69, 9.17) is 4.42 Å². The van der Waals surface area contributed by atoms with E-state index in [1.54, 1.807) is 31.2 Å². The molecular formula is C28H26N4O3S. The molecule has 2 aromatic carbocycles. The van der Waals surface area contributed by atoms with Crippen LogP contribution in [0.3, 0.4) is 0 Å². The highest BCUT2D eigenvalue weighted by Crippen LogP contribution is 2.41. The Hall–Kier alpha value is -4.09. The number of nitrogens with zero attached hydrogens (tertiary/aromatic N) is 2. The zero-order chi connectivity index (χ0) is 25.7. The fraction of sp³-hybridized carbons (Fsp3) is 0.214. The summed E-state index contributed by atoms with van der Waals surface area (Å²) in [5.41, 5.74) is 4.33. The predicted molar refractivity (Wildman–Crippen MR) is 143 cm³/mol. The first-order valence-electron chi connectivity index (χ1n) is 11.5. The summed E-state index contributed by atoms with van der Waals surface area (Å²) in [5.74, 6) is -1.41. The lowest BCUT2D eigenvalue weighted by molar-refractivity contribution is -0.114. The van der Waals surface area contributed by atoms with Crippen molar-refractivity contribution in [2.24, 2.45) is 10.9 Å². The number of hydrogen-bond acceptors (Lipinski definition) is 6. The third kappa shape index (κ3) is 5.58. The maximum absolute atomic E-state index is 13.3. The fourth-order valence-corrected chi connectivity index (χ4v) is 5.08. The minimum atomic E-state index is -0.782. The summed E-state index contributed by atoms with van der Waals surface area (Å²) in [7, 11) is 0. The van der Waals surface area contributed by atoms with E-state index in [0.29, 0.717) is 27.8 Å². The SMILES string of the molecule is CC1=C(C(=O)Nc2ccccc2)[C@H](c2ccco2)C(C#N)C(SCC(=O)Nc2ccc(C)cc2C)=N1. The average molecular weight is 499 g/mol. The number of nitrogens with one attached hydrogen (secondary N) is 2. The van der Waals surface area contributed by atoms with Gasteiger partial charge in [0.15, 0.2) is 0 Å². The molecule has 1 unspecified atom stereocenters. The van der Waals surface area contributed by atoms with Crippen LogP contribution in [0.2, 0.25) is 0 Å². The molecule has 1 aliphatic rings. The van der Waals surface area contributed by atoms with E-state index in [-0.39, 0.29) is 17.6 Å². The van der Waals surface area contributed by atoms with Crippen LogP contribution in [0.15, 0.2) is 87.6 Å². The summed E-state index contributed by atoms with van der Waals surface area (Å²) in [5, 5.41) is 16.4. The number of anilines is 2. The van der Waals surface area contributed by atoms with Gasteiger partial charge in [0.25, 0.3) is 5.91 Å². The Morgan fingerprint density at radius 3 is 2.50 bits per heavy atom. The molecule has 36 heavy (non-hydrogen) atoms. The molecular weight excluding hydrogens is 472 g/mol. The van der Waals surface area contributed by atoms with Crippen molar-refractivity contribution in [1.82, 2.24) is 0 Å². The van der Waals surface area contributed by atoms with Crippen LogP contribution in [0, 0.1) is 31.1 Å². The van der Waals surface area contributed by atoms with E-state index >= 15 is 0 Å². The number of nitriles is 1. The smallest absolute Gasteiger partial charge is 0.254 e. The number of para-hydroxylation sites is 1. The van der Waals surface area contributed by atoms with Crippen LogP contribution in [0.25, 0.3) is 0 Å². The second-order valence-corrected chi connectivity index (χ2v) is 9.52. The van der Waals surface area contributed by atoms with Crippen LogP contribution < -0.4 is 10.6 Å². The van der Waals surface area contributed by atoms with E-state index in [2.05, 4.69) is 21.7 Å². The van der Waals surface area contributed by atoms with Crippen LogP contribution in [0.1, 0.15) is 29.7 Å². The third-order valence-electron chi connectivity index (χ3n) is 5.85. The van der Waals surface area contributed by atoms with Crippen molar-refractivity contribution in [3.63, 3.8) is 0 Å². The van der Waals surface area contributed by atoms with Gasteiger partial charge in [-0.05, 0) is 56.7 Å². The number of hydrogen-bond donors (Lipinski definition) is 2. The van der Waals surface area contributed by atoms with Crippen molar-refractivity contribution in [3.05, 3.63) is 95.1 Å². The first-order valence-corrected chi connectivity index (χ1v) is 12.4. The van der Waals surface area contributed by atoms with Gasteiger partial charge in [0.2, 0.25) is 5.91 Å². The van der Waals surface area contributed by atoms with Crippen LogP contribution >= 0.6 is 11.8 Å². The summed E-state index contributed by atoms with van der Waals surface area (Å²) >= 11 is 1.20. The Bertz CT molecular complexity index is 1370. The van der Waals surface area contributed by atoms with Gasteiger partial charge in [-0.2, -0.15) is 5.26 Å². The molecule has 3 aromatic rings. The standard InChI is InChI=1S/C28H26N4O3S/c1-17-11-12-22(18(2)14-17)32-24(33)16-36-28-21(15-29)26(23-10-7-13-35-23)25(19(3)30-28)27(34)31-20-8-5-4-6-9-20/h4-14,21,26H,16H2,1-3H3,(H,31,34)(H,32,33)/t21?,26-/m0/s1. The van der Waals surface area contributed by atoms with E-state index < -0.39 is 11.8 Å². The summed E-state index contributed by atoms with van der Waals surface area (Å²) in [6.45, 7) is 5.67. The van der Waals surface area contributed by atoms with Crippen molar-refractivity contribution >= 4 is 40.0 Å². The molecule has 2 heterocycles. The Morgan fingerprint density at radius 1 is 1.06 bits per heavy atom. The molecule has 4 rings (SSSR count). The van der Waals surface area contributed by atoms with Crippen molar-refractivity contribution in [1.29, 1.82) is 5.26 Å². The molecule has 2 N–H and O–H groups in total. The highest BCUT2D eigenvalue weighted by Gasteiger charge is 2.40. The van der Waals surface area contributed by atoms with Crippen molar-refractivity contribution in [3.8, 4) is 6.07 Å². The Kier molecular flexibility index (Phi) is 7.71. The molecule has 2 amide bonds. The molecule has 0 fully saturated rings. The number of aryl methyl sites for hydroxylation is 2. The summed E-state index contributed by atoms with van der Waals surface area (Å²) in [4.78, 5) is 30.6. The quantitative estimate of drug-likeness (QED) is 0.445. The van der Waals surface area contributed by atoms with Gasteiger partial charge in [0.1, 0.15) is 11.7 Å². The van der Waals surface area contributed by atoms with E-state index in [1.165, 1.54) is 18.0 Å². The number of carbonyl (C=O) groups excluding carboxylic acids is 2. The van der Waals surface area contributed by atoms with Crippen molar-refractivity contribution in [2.45, 2.75) is 26.7 Å². The van der Waals surface area contributed by atoms with Crippen molar-refractivity contribution in [2.75, 3.05) is 16.4 Å². The van der Waals surface area contributed by atoms with Crippen molar-refractivity contribution < 1.29 is 14.0 Å². The molecule has 0 aliphatic carbocycles. The maximum Gasteiger partial charge on any atom is 0.254 e. The number of allylic oxidation sites excluding steroid dienone is 1. The largest absolute Gasteiger partial charge is 0.469 e. The summed E-state index contributed by atoms with van der Waals surface area (Å²) < 4.78 is 5.65. The van der Waals surface area contributed by atoms with E-state index in [9.17, 15) is 14.9 Å². The highest BCUT2D eigenvalue weighted by molar-refractivity contribution is 8.14. The highest BCUT2D eigenvalue weighted by atomic mass is 32.2. The van der Waals surface area contributed by atoms with Gasteiger partial charge < -0.3 is 15.1 Å². The molecule has 8 heteroatoms. The number of carbonyl (C=O) groups is 2. The lowest BCUT2D eigenvalue weighted by Crippen LogP contribution is -2.31. The number of benzene rings is 2. The Morgan fingerprint density at radius 2 is 1.83 bits per heavy atom. The topological polar surface area (TPSA) is 107 Å². The third-order valence-corrected chi connectivity index (χ3v) is 6.90. The normalized spacial score (nSPS) is 17.2. The molecule has 0 saturated carbocycles. The zero-order valence-corrected chi connectivity index (χ0v) is 21.1. The van der Waals surface area contributed by atoms with Crippen LogP contribution in [-0.4, -0.2) is 22.6 Å². The number of thioether (sulfide) groups is 1. The number of furan rings is 1. The number of aliphatic imine (C=N–C) groups is 1. The molecule has 0 bridgehead atoms. The van der Waals surface area contributed by atoms with Gasteiger partial charge in [-0.1, -0.05) is 47.7 Å². The minimum absolute atomic E-state index is 0.0774. The summed E-state index contributed by atoms with van der Waals surface area (Å²) in [6.07, 6.45) is 1.52. The lowest BCUT2D eigenvalue weighted by Gasteiger charge is -2.28. The van der Waals surface area contributed by atoms with E-state index in [1.807, 2.05) is 50.2 Å². The van der Waals surface area contributed by atoms with Crippen LogP contribution in [0.5, 0.6) is 0 Å². The average Bonchev–Trinajstić information content (AvgIpc) is 3.39. The minimum Gasteiger partial charge on any atom is -0.469 e. The molecule has 1 aliphatic heterocycles. The van der Waals surface area contributed by atoms with Gasteiger partial charge >= 0.3 is 0 Å². The second kappa shape index (κ2) is 11.1. The monoisotopic (exact) mass is 498 g/mol. The van der Waals surface area contributed by atoms with E-state index in [0.717, 1.165) is 16.8 Å². The molecule has 0 saturated heterocycles. The first kappa shape index (κ1) is 25.0. The van der Waals surface area contributed by atoms with Crippen LogP contribution in [-0.2, 0) is 9.59 Å². The molecule has 2 atom stereocenters. The van der Waals surface area contributed by atoms with Gasteiger partial charge in [0, 0.05) is 17.1 Å². The first-order chi connectivity index (χ1) is 17.4. The number of rotatable bonds is 6. The molecule has 0 spiro atoms. The Balaban J connectivity index is 1.58. The zero-order valence-electron chi connectivity index (χ0n) is 20.2. The van der Waals surface area contributed by atoms with Gasteiger partial charge in [-0.15, -0.1) is 0 Å². The fourth-order valence-electron chi connectivity index (χ4n) is 4.16. The predicted octanol–water partition coefficient (Wildman–Crippen LogP) is 5.82. The van der Waals surface area contributed by atoms with Gasteiger partial charge in [0.05, 0.1) is 34.6 Å². The summed E-state index contributed by atoms with van der Waals surface area (Å²) in [6, 6.07) is 20.7. The molecule has 7 nitrogen and oxygen atoms in total. The second-order valence-electron chi connectivity index (χ2n) is 8.52. The van der Waals surface area contributed by atoms with Crippen LogP contribution in [0.4, 0.5) is 11.4 Å². The molecule has 1 aromatic heterocycles. The maximum atomic E-state index is 13.3. The molecule has 182 valence electrons. The molecule has 0 radical (unpaired) electrons. The van der Waals surface area contributed by atoms with Gasteiger partial charge in [-0.25, -0.2) is 4.99 Å². The number of amides is 2. The Labute approximate surface area is 214 Å². The van der Waals surface area contributed by atoms with Gasteiger partial charge in [-0.3, -0.25) is 9.59 Å².